The van der Waals surface area contributed by atoms with Crippen molar-refractivity contribution in [2.75, 3.05) is 33.2 Å². The second kappa shape index (κ2) is 11.6. The van der Waals surface area contributed by atoms with E-state index < -0.39 is 34.6 Å². The SMILES string of the molecule is CC1=C(C(=O)NCCCN2CCC(C#N)(c3ccc(F)cc3F)CC2)[C@H](c2ccc(F)c(F)c2)CC(=O)N1C. The summed E-state index contributed by atoms with van der Waals surface area (Å²) < 4.78 is 55.1. The molecule has 206 valence electrons. The maximum atomic E-state index is 14.4. The Morgan fingerprint density at radius 3 is 2.44 bits per heavy atom. The van der Waals surface area contributed by atoms with E-state index in [9.17, 15) is 32.4 Å². The third-order valence-corrected chi connectivity index (χ3v) is 7.89. The summed E-state index contributed by atoms with van der Waals surface area (Å²) in [5, 5.41) is 12.7. The molecule has 2 heterocycles. The Kier molecular flexibility index (Phi) is 8.40. The van der Waals surface area contributed by atoms with Crippen LogP contribution in [0.1, 0.15) is 49.7 Å². The van der Waals surface area contributed by atoms with Crippen LogP contribution in [0.3, 0.4) is 0 Å². The smallest absolute Gasteiger partial charge is 0.249 e. The summed E-state index contributed by atoms with van der Waals surface area (Å²) in [5.41, 5.74) is 0.350. The Morgan fingerprint density at radius 2 is 1.79 bits per heavy atom. The number of nitriles is 1. The number of piperidine rings is 1. The molecule has 1 saturated heterocycles. The number of allylic oxidation sites excluding steroid dienone is 1. The number of amides is 2. The van der Waals surface area contributed by atoms with Gasteiger partial charge in [0.1, 0.15) is 11.6 Å². The third-order valence-electron chi connectivity index (χ3n) is 7.89. The standard InChI is InChI=1S/C29H30F4N4O2/c1-18-27(21(16-26(38)36(18)2)19-4-7-23(31)25(33)14-19)28(39)35-10-3-11-37-12-8-29(17-34,9-13-37)22-6-5-20(30)15-24(22)32/h4-7,14-15,21H,3,8-13,16H2,1-2H3,(H,35,39)/t21-/m0/s1. The maximum absolute atomic E-state index is 14.4. The van der Waals surface area contributed by atoms with Crippen molar-refractivity contribution in [3.05, 3.63) is 82.1 Å². The van der Waals surface area contributed by atoms with Gasteiger partial charge in [-0.05, 0) is 69.6 Å². The van der Waals surface area contributed by atoms with Crippen molar-refractivity contribution < 1.29 is 27.2 Å². The predicted molar refractivity (Wildman–Crippen MR) is 136 cm³/mol. The highest BCUT2D eigenvalue weighted by molar-refractivity contribution is 5.99. The molecule has 2 aliphatic heterocycles. The quantitative estimate of drug-likeness (QED) is 0.412. The van der Waals surface area contributed by atoms with E-state index in [0.717, 1.165) is 18.2 Å². The molecule has 0 spiro atoms. The van der Waals surface area contributed by atoms with Gasteiger partial charge >= 0.3 is 0 Å². The molecule has 2 amide bonds. The first-order chi connectivity index (χ1) is 18.6. The lowest BCUT2D eigenvalue weighted by Crippen LogP contribution is -2.43. The summed E-state index contributed by atoms with van der Waals surface area (Å²) in [6.07, 6.45) is 1.37. The zero-order valence-electron chi connectivity index (χ0n) is 21.9. The van der Waals surface area contributed by atoms with Gasteiger partial charge in [-0.3, -0.25) is 9.59 Å². The number of likely N-dealkylation sites (tertiary alicyclic amines) is 1. The highest BCUT2D eigenvalue weighted by Crippen LogP contribution is 2.38. The number of nitrogens with one attached hydrogen (secondary N) is 1. The first kappa shape index (κ1) is 28.3. The van der Waals surface area contributed by atoms with Gasteiger partial charge in [0.05, 0.1) is 11.5 Å². The van der Waals surface area contributed by atoms with Crippen LogP contribution in [0.25, 0.3) is 0 Å². The normalized spacial score (nSPS) is 19.7. The molecule has 2 aliphatic rings. The lowest BCUT2D eigenvalue weighted by Gasteiger charge is -2.37. The second-order valence-electron chi connectivity index (χ2n) is 10.2. The minimum Gasteiger partial charge on any atom is -0.352 e. The first-order valence-electron chi connectivity index (χ1n) is 12.9. The van der Waals surface area contributed by atoms with Gasteiger partial charge in [-0.25, -0.2) is 17.6 Å². The highest BCUT2D eigenvalue weighted by atomic mass is 19.2. The van der Waals surface area contributed by atoms with Crippen molar-refractivity contribution in [2.24, 2.45) is 0 Å². The number of nitrogens with zero attached hydrogens (tertiary/aromatic N) is 3. The molecule has 1 N–H and O–H groups in total. The number of carbonyl (C=O) groups excluding carboxylic acids is 2. The number of benzene rings is 2. The molecule has 0 unspecified atom stereocenters. The lowest BCUT2D eigenvalue weighted by molar-refractivity contribution is -0.129. The number of rotatable bonds is 7. The maximum Gasteiger partial charge on any atom is 0.249 e. The molecule has 0 bridgehead atoms. The summed E-state index contributed by atoms with van der Waals surface area (Å²) in [6.45, 7) is 3.72. The largest absolute Gasteiger partial charge is 0.352 e. The fourth-order valence-electron chi connectivity index (χ4n) is 5.45. The van der Waals surface area contributed by atoms with Crippen molar-refractivity contribution >= 4 is 11.8 Å². The van der Waals surface area contributed by atoms with Gasteiger partial charge in [0.25, 0.3) is 0 Å². The van der Waals surface area contributed by atoms with E-state index in [1.165, 1.54) is 23.1 Å². The van der Waals surface area contributed by atoms with E-state index in [2.05, 4.69) is 16.3 Å². The molecule has 0 aliphatic carbocycles. The van der Waals surface area contributed by atoms with Gasteiger partial charge in [-0.15, -0.1) is 0 Å². The lowest BCUT2D eigenvalue weighted by atomic mass is 9.73. The Bertz CT molecular complexity index is 1350. The van der Waals surface area contributed by atoms with Crippen molar-refractivity contribution in [1.29, 1.82) is 5.26 Å². The molecular weight excluding hydrogens is 512 g/mol. The van der Waals surface area contributed by atoms with Crippen LogP contribution in [0.4, 0.5) is 17.6 Å². The molecule has 0 aromatic heterocycles. The van der Waals surface area contributed by atoms with Gasteiger partial charge in [0, 0.05) is 48.8 Å². The molecule has 6 nitrogen and oxygen atoms in total. The Hall–Kier alpha value is -3.71. The number of hydrogen-bond acceptors (Lipinski definition) is 4. The topological polar surface area (TPSA) is 76.4 Å². The average Bonchev–Trinajstić information content (AvgIpc) is 2.91. The van der Waals surface area contributed by atoms with Crippen molar-refractivity contribution in [3.63, 3.8) is 0 Å². The minimum atomic E-state index is -1.04. The van der Waals surface area contributed by atoms with E-state index in [1.807, 2.05) is 0 Å². The first-order valence-corrected chi connectivity index (χ1v) is 12.9. The van der Waals surface area contributed by atoms with E-state index in [0.29, 0.717) is 62.3 Å². The molecule has 4 rings (SSSR count). The fraction of sp³-hybridized carbons (Fsp3) is 0.414. The van der Waals surface area contributed by atoms with Crippen LogP contribution in [0, 0.1) is 34.6 Å². The molecule has 39 heavy (non-hydrogen) atoms. The summed E-state index contributed by atoms with van der Waals surface area (Å²) in [5.74, 6) is -4.74. The third kappa shape index (κ3) is 5.83. The second-order valence-corrected chi connectivity index (χ2v) is 10.2. The fourth-order valence-corrected chi connectivity index (χ4v) is 5.45. The summed E-state index contributed by atoms with van der Waals surface area (Å²) in [6, 6.07) is 8.96. The zero-order valence-corrected chi connectivity index (χ0v) is 21.9. The van der Waals surface area contributed by atoms with Crippen LogP contribution in [0.15, 0.2) is 47.7 Å². The predicted octanol–water partition coefficient (Wildman–Crippen LogP) is 4.53. The van der Waals surface area contributed by atoms with Gasteiger partial charge in [-0.1, -0.05) is 12.1 Å². The van der Waals surface area contributed by atoms with Crippen LogP contribution in [0.5, 0.6) is 0 Å². The Labute approximate surface area is 224 Å². The highest BCUT2D eigenvalue weighted by Gasteiger charge is 2.39. The van der Waals surface area contributed by atoms with Gasteiger partial charge in [0.2, 0.25) is 11.8 Å². The number of halogens is 4. The molecule has 0 saturated carbocycles. The molecular formula is C29H30F4N4O2. The van der Waals surface area contributed by atoms with Crippen LogP contribution < -0.4 is 5.32 Å². The molecule has 2 aromatic carbocycles. The Morgan fingerprint density at radius 1 is 1.08 bits per heavy atom. The zero-order chi connectivity index (χ0) is 28.3. The van der Waals surface area contributed by atoms with E-state index >= 15 is 0 Å². The number of carbonyl (C=O) groups is 2. The van der Waals surface area contributed by atoms with Crippen molar-refractivity contribution in [3.8, 4) is 6.07 Å². The van der Waals surface area contributed by atoms with Gasteiger partial charge in [-0.2, -0.15) is 5.26 Å². The van der Waals surface area contributed by atoms with Crippen LogP contribution in [0.2, 0.25) is 0 Å². The molecule has 1 fully saturated rings. The van der Waals surface area contributed by atoms with E-state index in [1.54, 1.807) is 14.0 Å². The van der Waals surface area contributed by atoms with E-state index in [4.69, 9.17) is 0 Å². The molecule has 2 aromatic rings. The number of hydrogen-bond donors (Lipinski definition) is 1. The molecule has 10 heteroatoms. The van der Waals surface area contributed by atoms with Crippen molar-refractivity contribution in [1.82, 2.24) is 15.1 Å². The summed E-state index contributed by atoms with van der Waals surface area (Å²) in [4.78, 5) is 29.2. The summed E-state index contributed by atoms with van der Waals surface area (Å²) in [7, 11) is 1.57. The summed E-state index contributed by atoms with van der Waals surface area (Å²) >= 11 is 0. The van der Waals surface area contributed by atoms with Crippen molar-refractivity contribution in [2.45, 2.75) is 43.9 Å². The van der Waals surface area contributed by atoms with Gasteiger partial charge in [0.15, 0.2) is 11.6 Å². The van der Waals surface area contributed by atoms with Crippen LogP contribution >= 0.6 is 0 Å². The molecule has 1 atom stereocenters. The molecule has 0 radical (unpaired) electrons. The Balaban J connectivity index is 1.35. The monoisotopic (exact) mass is 542 g/mol. The van der Waals surface area contributed by atoms with Crippen LogP contribution in [-0.2, 0) is 15.0 Å². The average molecular weight is 543 g/mol. The van der Waals surface area contributed by atoms with E-state index in [-0.39, 0.29) is 23.8 Å². The van der Waals surface area contributed by atoms with Gasteiger partial charge < -0.3 is 15.1 Å². The minimum absolute atomic E-state index is 0.0370. The van der Waals surface area contributed by atoms with Crippen LogP contribution in [-0.4, -0.2) is 54.8 Å².